The molecule has 0 saturated carbocycles. The topological polar surface area (TPSA) is 55.6 Å². The van der Waals surface area contributed by atoms with E-state index in [1.807, 2.05) is 0 Å². The van der Waals surface area contributed by atoms with Crippen LogP contribution in [0.25, 0.3) is 5.82 Å². The summed E-state index contributed by atoms with van der Waals surface area (Å²) in [4.78, 5) is 12.6. The number of hydrogen-bond acceptors (Lipinski definition) is 4. The van der Waals surface area contributed by atoms with E-state index in [-0.39, 0.29) is 5.82 Å². The molecule has 2 heterocycles. The normalized spacial score (nSPS) is 14.1. The van der Waals surface area contributed by atoms with Gasteiger partial charge in [0.2, 0.25) is 5.95 Å². The molecule has 0 radical (unpaired) electrons. The lowest BCUT2D eigenvalue weighted by molar-refractivity contribution is 0.592. The molecule has 3 rings (SSSR count). The van der Waals surface area contributed by atoms with E-state index in [9.17, 15) is 4.39 Å². The number of fused-ring (bicyclic) bond motifs is 1. The second kappa shape index (κ2) is 5.56. The molecule has 0 bridgehead atoms. The third-order valence-electron chi connectivity index (χ3n) is 3.52. The van der Waals surface area contributed by atoms with Gasteiger partial charge >= 0.3 is 0 Å². The lowest BCUT2D eigenvalue weighted by Gasteiger charge is -2.14. The van der Waals surface area contributed by atoms with Crippen LogP contribution >= 0.6 is 0 Å². The summed E-state index contributed by atoms with van der Waals surface area (Å²) in [6, 6.07) is 0. The van der Waals surface area contributed by atoms with Crippen molar-refractivity contribution in [3.8, 4) is 5.82 Å². The van der Waals surface area contributed by atoms with Crippen molar-refractivity contribution in [2.75, 3.05) is 11.9 Å². The second-order valence-electron chi connectivity index (χ2n) is 5.01. The Morgan fingerprint density at radius 3 is 3.00 bits per heavy atom. The van der Waals surface area contributed by atoms with Gasteiger partial charge in [-0.2, -0.15) is 4.98 Å². The smallest absolute Gasteiger partial charge is 0.224 e. The Balaban J connectivity index is 1.98. The molecule has 0 fully saturated rings. The molecule has 1 aliphatic rings. The van der Waals surface area contributed by atoms with Gasteiger partial charge in [0, 0.05) is 12.2 Å². The second-order valence-corrected chi connectivity index (χ2v) is 5.01. The van der Waals surface area contributed by atoms with Crippen molar-refractivity contribution in [2.24, 2.45) is 0 Å². The summed E-state index contributed by atoms with van der Waals surface area (Å²) < 4.78 is 15.8. The Hall–Kier alpha value is -1.98. The molecular formula is C14H18FN5. The third-order valence-corrected chi connectivity index (χ3v) is 3.52. The minimum absolute atomic E-state index is 0.286. The Labute approximate surface area is 117 Å². The minimum atomic E-state index is -0.419. The summed E-state index contributed by atoms with van der Waals surface area (Å²) in [5.41, 5.74) is 2.15. The van der Waals surface area contributed by atoms with Gasteiger partial charge in [0.1, 0.15) is 6.33 Å². The summed E-state index contributed by atoms with van der Waals surface area (Å²) in [6.07, 6.45) is 8.02. The highest BCUT2D eigenvalue weighted by Crippen LogP contribution is 2.23. The number of aromatic nitrogens is 4. The van der Waals surface area contributed by atoms with Gasteiger partial charge in [-0.1, -0.05) is 6.92 Å². The third kappa shape index (κ3) is 2.37. The van der Waals surface area contributed by atoms with Crippen molar-refractivity contribution in [2.45, 2.75) is 39.0 Å². The van der Waals surface area contributed by atoms with Crippen LogP contribution in [0, 0.1) is 5.82 Å². The zero-order chi connectivity index (χ0) is 13.9. The Morgan fingerprint density at radius 2 is 2.15 bits per heavy atom. The quantitative estimate of drug-likeness (QED) is 0.931. The van der Waals surface area contributed by atoms with Crippen LogP contribution in [0.15, 0.2) is 12.5 Å². The zero-order valence-corrected chi connectivity index (χ0v) is 11.6. The summed E-state index contributed by atoms with van der Waals surface area (Å²) in [6.45, 7) is 2.83. The van der Waals surface area contributed by atoms with E-state index in [0.29, 0.717) is 5.95 Å². The number of nitrogens with one attached hydrogen (secondary N) is 1. The predicted molar refractivity (Wildman–Crippen MR) is 74.5 cm³/mol. The molecule has 5 nitrogen and oxygen atoms in total. The molecule has 6 heteroatoms. The summed E-state index contributed by atoms with van der Waals surface area (Å²) in [5.74, 6) is 0.327. The van der Waals surface area contributed by atoms with Crippen LogP contribution in [0.5, 0.6) is 0 Å². The fourth-order valence-corrected chi connectivity index (χ4v) is 2.50. The van der Waals surface area contributed by atoms with Gasteiger partial charge in [-0.05, 0) is 32.1 Å². The van der Waals surface area contributed by atoms with Crippen LogP contribution in [0.1, 0.15) is 37.6 Å². The van der Waals surface area contributed by atoms with Crippen LogP contribution in [0.2, 0.25) is 0 Å². The number of hydrogen-bond donors (Lipinski definition) is 1. The minimum Gasteiger partial charge on any atom is -0.354 e. The van der Waals surface area contributed by atoms with E-state index in [1.165, 1.54) is 6.20 Å². The molecule has 0 atom stereocenters. The summed E-state index contributed by atoms with van der Waals surface area (Å²) in [5, 5.41) is 3.08. The van der Waals surface area contributed by atoms with Crippen molar-refractivity contribution in [3.05, 3.63) is 29.7 Å². The van der Waals surface area contributed by atoms with Gasteiger partial charge in [0.15, 0.2) is 11.6 Å². The van der Waals surface area contributed by atoms with E-state index in [1.54, 1.807) is 10.9 Å². The fraction of sp³-hybridized carbons (Fsp3) is 0.500. The predicted octanol–water partition coefficient (Wildman–Crippen LogP) is 2.50. The monoisotopic (exact) mass is 275 g/mol. The molecule has 0 unspecified atom stereocenters. The van der Waals surface area contributed by atoms with Gasteiger partial charge in [-0.15, -0.1) is 0 Å². The molecule has 0 spiro atoms. The van der Waals surface area contributed by atoms with E-state index in [4.69, 9.17) is 0 Å². The molecule has 1 aliphatic carbocycles. The van der Waals surface area contributed by atoms with Crippen LogP contribution in [-0.4, -0.2) is 26.1 Å². The summed E-state index contributed by atoms with van der Waals surface area (Å²) in [7, 11) is 0. The van der Waals surface area contributed by atoms with Crippen molar-refractivity contribution in [3.63, 3.8) is 0 Å². The molecule has 0 amide bonds. The summed E-state index contributed by atoms with van der Waals surface area (Å²) >= 11 is 0. The molecule has 106 valence electrons. The van der Waals surface area contributed by atoms with Gasteiger partial charge < -0.3 is 5.32 Å². The van der Waals surface area contributed by atoms with Crippen LogP contribution in [-0.2, 0) is 12.8 Å². The molecule has 1 N–H and O–H groups in total. The number of halogens is 1. The highest BCUT2D eigenvalue weighted by atomic mass is 19.1. The first-order valence-electron chi connectivity index (χ1n) is 7.11. The first-order valence-corrected chi connectivity index (χ1v) is 7.11. The molecule has 2 aromatic heterocycles. The highest BCUT2D eigenvalue weighted by Gasteiger charge is 2.19. The SMILES string of the molecule is CCCNc1ncc(F)c(-n2cnc3c2CCCC3)n1. The standard InChI is InChI=1S/C14H18FN5/c1-2-7-16-14-17-8-10(15)13(19-14)20-9-18-11-5-3-4-6-12(11)20/h8-9H,2-7H2,1H3,(H,16,17,19). The van der Waals surface area contributed by atoms with Crippen molar-refractivity contribution < 1.29 is 4.39 Å². The van der Waals surface area contributed by atoms with Crippen LogP contribution in [0.4, 0.5) is 10.3 Å². The maximum atomic E-state index is 14.0. The van der Waals surface area contributed by atoms with E-state index < -0.39 is 5.82 Å². The van der Waals surface area contributed by atoms with Crippen LogP contribution in [0.3, 0.4) is 0 Å². The average Bonchev–Trinajstić information content (AvgIpc) is 2.90. The number of rotatable bonds is 4. The number of aryl methyl sites for hydroxylation is 1. The zero-order valence-electron chi connectivity index (χ0n) is 11.6. The average molecular weight is 275 g/mol. The lowest BCUT2D eigenvalue weighted by atomic mass is 10.0. The fourth-order valence-electron chi connectivity index (χ4n) is 2.50. The maximum Gasteiger partial charge on any atom is 0.224 e. The first kappa shape index (κ1) is 13.0. The maximum absolute atomic E-state index is 14.0. The Bertz CT molecular complexity index is 608. The molecule has 20 heavy (non-hydrogen) atoms. The molecular weight excluding hydrogens is 257 g/mol. The number of anilines is 1. The molecule has 0 aromatic carbocycles. The number of imidazole rings is 1. The molecule has 0 saturated heterocycles. The molecule has 0 aliphatic heterocycles. The van der Waals surface area contributed by atoms with E-state index >= 15 is 0 Å². The van der Waals surface area contributed by atoms with Gasteiger partial charge in [0.25, 0.3) is 0 Å². The van der Waals surface area contributed by atoms with Gasteiger partial charge in [-0.25, -0.2) is 14.4 Å². The van der Waals surface area contributed by atoms with Crippen LogP contribution < -0.4 is 5.32 Å². The highest BCUT2D eigenvalue weighted by molar-refractivity contribution is 5.36. The van der Waals surface area contributed by atoms with Crippen molar-refractivity contribution in [1.82, 2.24) is 19.5 Å². The number of nitrogens with zero attached hydrogens (tertiary/aromatic N) is 4. The molecule has 2 aromatic rings. The first-order chi connectivity index (χ1) is 9.79. The van der Waals surface area contributed by atoms with E-state index in [2.05, 4.69) is 27.2 Å². The van der Waals surface area contributed by atoms with Crippen molar-refractivity contribution in [1.29, 1.82) is 0 Å². The Morgan fingerprint density at radius 1 is 1.30 bits per heavy atom. The lowest BCUT2D eigenvalue weighted by Crippen LogP contribution is -2.12. The van der Waals surface area contributed by atoms with Gasteiger partial charge in [-0.3, -0.25) is 4.57 Å². The largest absolute Gasteiger partial charge is 0.354 e. The Kier molecular flexibility index (Phi) is 3.62. The van der Waals surface area contributed by atoms with Crippen molar-refractivity contribution >= 4 is 5.95 Å². The van der Waals surface area contributed by atoms with E-state index in [0.717, 1.165) is 50.0 Å². The van der Waals surface area contributed by atoms with Gasteiger partial charge in [0.05, 0.1) is 11.9 Å².